The molecule has 8 heteroatoms. The van der Waals surface area contributed by atoms with Crippen LogP contribution < -0.4 is 5.32 Å². The minimum atomic E-state index is -0.981. The van der Waals surface area contributed by atoms with Crippen LogP contribution in [0.3, 0.4) is 0 Å². The monoisotopic (exact) mass is 334 g/mol. The SMILES string of the molecule is O=C(O)Cn1cc(CNC(=O)c2cc3c(s2)CCCCC3)nn1. The van der Waals surface area contributed by atoms with Crippen LogP contribution in [0.5, 0.6) is 0 Å². The van der Waals surface area contributed by atoms with E-state index in [2.05, 4.69) is 15.6 Å². The molecule has 0 fully saturated rings. The number of hydrogen-bond donors (Lipinski definition) is 2. The molecule has 2 N–H and O–H groups in total. The summed E-state index contributed by atoms with van der Waals surface area (Å²) in [6, 6.07) is 2.00. The fourth-order valence-corrected chi connectivity index (χ4v) is 3.84. The van der Waals surface area contributed by atoms with E-state index in [-0.39, 0.29) is 19.0 Å². The fourth-order valence-electron chi connectivity index (χ4n) is 2.67. The molecule has 0 aromatic carbocycles. The van der Waals surface area contributed by atoms with Gasteiger partial charge in [-0.2, -0.15) is 0 Å². The Kier molecular flexibility index (Phi) is 4.71. The molecule has 1 amide bonds. The molecule has 0 atom stereocenters. The topological polar surface area (TPSA) is 97.1 Å². The minimum absolute atomic E-state index is 0.115. The molecule has 0 spiro atoms. The van der Waals surface area contributed by atoms with Crippen molar-refractivity contribution in [3.05, 3.63) is 33.3 Å². The summed E-state index contributed by atoms with van der Waals surface area (Å²) in [4.78, 5) is 24.9. The Bertz CT molecular complexity index is 699. The Morgan fingerprint density at radius 2 is 2.13 bits per heavy atom. The Morgan fingerprint density at radius 1 is 1.30 bits per heavy atom. The minimum Gasteiger partial charge on any atom is -0.480 e. The first-order chi connectivity index (χ1) is 11.1. The van der Waals surface area contributed by atoms with E-state index in [4.69, 9.17) is 5.11 Å². The lowest BCUT2D eigenvalue weighted by Gasteiger charge is -2.00. The lowest BCUT2D eigenvalue weighted by Crippen LogP contribution is -2.22. The summed E-state index contributed by atoms with van der Waals surface area (Å²) < 4.78 is 1.23. The summed E-state index contributed by atoms with van der Waals surface area (Å²) in [7, 11) is 0. The quantitative estimate of drug-likeness (QED) is 0.810. The van der Waals surface area contributed by atoms with Gasteiger partial charge in [-0.1, -0.05) is 11.6 Å². The Balaban J connectivity index is 1.59. The van der Waals surface area contributed by atoms with E-state index in [1.807, 2.05) is 6.07 Å². The normalized spacial score (nSPS) is 14.1. The third-order valence-corrected chi connectivity index (χ3v) is 5.02. The number of aliphatic carboxylic acids is 1. The molecule has 0 saturated heterocycles. The second kappa shape index (κ2) is 6.91. The smallest absolute Gasteiger partial charge is 0.325 e. The van der Waals surface area contributed by atoms with Gasteiger partial charge in [0.2, 0.25) is 0 Å². The van der Waals surface area contributed by atoms with Gasteiger partial charge in [-0.05, 0) is 37.3 Å². The largest absolute Gasteiger partial charge is 0.480 e. The van der Waals surface area contributed by atoms with Crippen LogP contribution in [0, 0.1) is 0 Å². The summed E-state index contributed by atoms with van der Waals surface area (Å²) in [6.45, 7) is -0.000387. The number of aromatic nitrogens is 3. The van der Waals surface area contributed by atoms with Gasteiger partial charge in [0.1, 0.15) is 12.2 Å². The predicted molar refractivity (Wildman–Crippen MR) is 84.4 cm³/mol. The summed E-state index contributed by atoms with van der Waals surface area (Å²) in [5.74, 6) is -1.10. The van der Waals surface area contributed by atoms with Gasteiger partial charge < -0.3 is 10.4 Å². The number of fused-ring (bicyclic) bond motifs is 1. The number of carbonyl (C=O) groups is 2. The molecule has 0 radical (unpaired) electrons. The van der Waals surface area contributed by atoms with Gasteiger partial charge in [0, 0.05) is 4.88 Å². The van der Waals surface area contributed by atoms with Crippen LogP contribution in [0.2, 0.25) is 0 Å². The average Bonchev–Trinajstić information content (AvgIpc) is 3.06. The van der Waals surface area contributed by atoms with E-state index in [0.717, 1.165) is 17.7 Å². The molecule has 2 aromatic heterocycles. The first kappa shape index (κ1) is 15.7. The van der Waals surface area contributed by atoms with Gasteiger partial charge in [-0.3, -0.25) is 9.59 Å². The Labute approximate surface area is 137 Å². The maximum absolute atomic E-state index is 12.3. The first-order valence-electron chi connectivity index (χ1n) is 7.62. The number of thiophene rings is 1. The number of rotatable bonds is 5. The summed E-state index contributed by atoms with van der Waals surface area (Å²) in [5, 5.41) is 19.1. The zero-order valence-electron chi connectivity index (χ0n) is 12.6. The summed E-state index contributed by atoms with van der Waals surface area (Å²) in [5.41, 5.74) is 1.85. The molecule has 3 rings (SSSR count). The van der Waals surface area contributed by atoms with Crippen molar-refractivity contribution in [1.29, 1.82) is 0 Å². The zero-order chi connectivity index (χ0) is 16.2. The van der Waals surface area contributed by atoms with Crippen LogP contribution >= 0.6 is 11.3 Å². The molecule has 0 aliphatic heterocycles. The second-order valence-corrected chi connectivity index (χ2v) is 6.74. The van der Waals surface area contributed by atoms with E-state index in [1.165, 1.54) is 40.6 Å². The van der Waals surface area contributed by atoms with Crippen molar-refractivity contribution in [2.24, 2.45) is 0 Å². The number of aryl methyl sites for hydroxylation is 2. The standard InChI is InChI=1S/C15H18N4O3S/c20-14(21)9-19-8-11(17-18-19)7-16-15(22)13-6-10-4-2-1-3-5-12(10)23-13/h6,8H,1-5,7,9H2,(H,16,22)(H,20,21). The van der Waals surface area contributed by atoms with E-state index >= 15 is 0 Å². The van der Waals surface area contributed by atoms with E-state index in [9.17, 15) is 9.59 Å². The van der Waals surface area contributed by atoms with Crippen LogP contribution in [0.25, 0.3) is 0 Å². The highest BCUT2D eigenvalue weighted by molar-refractivity contribution is 7.14. The second-order valence-electron chi connectivity index (χ2n) is 5.60. The zero-order valence-corrected chi connectivity index (χ0v) is 13.4. The molecule has 2 heterocycles. The fraction of sp³-hybridized carbons (Fsp3) is 0.467. The van der Waals surface area contributed by atoms with E-state index < -0.39 is 5.97 Å². The first-order valence-corrected chi connectivity index (χ1v) is 8.44. The number of hydrogen-bond acceptors (Lipinski definition) is 5. The molecular formula is C15H18N4O3S. The van der Waals surface area contributed by atoms with Crippen LogP contribution in [0.15, 0.2) is 12.3 Å². The number of carbonyl (C=O) groups excluding carboxylic acids is 1. The van der Waals surface area contributed by atoms with Crippen LogP contribution in [-0.2, 0) is 30.7 Å². The summed E-state index contributed by atoms with van der Waals surface area (Å²) >= 11 is 1.57. The maximum atomic E-state index is 12.3. The molecule has 0 unspecified atom stereocenters. The van der Waals surface area contributed by atoms with Crippen LogP contribution in [0.4, 0.5) is 0 Å². The maximum Gasteiger partial charge on any atom is 0.325 e. The number of nitrogens with zero attached hydrogens (tertiary/aromatic N) is 3. The van der Waals surface area contributed by atoms with Gasteiger partial charge in [-0.25, -0.2) is 4.68 Å². The van der Waals surface area contributed by atoms with E-state index in [0.29, 0.717) is 5.69 Å². The van der Waals surface area contributed by atoms with Crippen molar-refractivity contribution in [2.75, 3.05) is 0 Å². The molecule has 1 aliphatic rings. The third-order valence-electron chi connectivity index (χ3n) is 3.78. The molecule has 1 aliphatic carbocycles. The Morgan fingerprint density at radius 3 is 2.96 bits per heavy atom. The van der Waals surface area contributed by atoms with Crippen molar-refractivity contribution < 1.29 is 14.7 Å². The highest BCUT2D eigenvalue weighted by Crippen LogP contribution is 2.28. The molecular weight excluding hydrogens is 316 g/mol. The van der Waals surface area contributed by atoms with Crippen molar-refractivity contribution in [2.45, 2.75) is 45.2 Å². The van der Waals surface area contributed by atoms with Gasteiger partial charge in [0.15, 0.2) is 0 Å². The molecule has 0 saturated carbocycles. The van der Waals surface area contributed by atoms with Gasteiger partial charge in [0.25, 0.3) is 5.91 Å². The number of carboxylic acid groups (broad SMARTS) is 1. The average molecular weight is 334 g/mol. The molecule has 2 aromatic rings. The highest BCUT2D eigenvalue weighted by Gasteiger charge is 2.16. The highest BCUT2D eigenvalue weighted by atomic mass is 32.1. The number of carboxylic acids is 1. The summed E-state index contributed by atoms with van der Waals surface area (Å²) in [6.07, 6.45) is 7.30. The molecule has 7 nitrogen and oxygen atoms in total. The lowest BCUT2D eigenvalue weighted by molar-refractivity contribution is -0.137. The van der Waals surface area contributed by atoms with Crippen LogP contribution in [0.1, 0.15) is 45.1 Å². The molecule has 122 valence electrons. The predicted octanol–water partition coefficient (Wildman–Crippen LogP) is 1.62. The number of amides is 1. The Hall–Kier alpha value is -2.22. The van der Waals surface area contributed by atoms with Gasteiger partial charge in [0.05, 0.1) is 17.6 Å². The van der Waals surface area contributed by atoms with Crippen molar-refractivity contribution >= 4 is 23.2 Å². The van der Waals surface area contributed by atoms with Crippen molar-refractivity contribution in [1.82, 2.24) is 20.3 Å². The third kappa shape index (κ3) is 3.95. The van der Waals surface area contributed by atoms with Gasteiger partial charge >= 0.3 is 5.97 Å². The lowest BCUT2D eigenvalue weighted by atomic mass is 10.1. The van der Waals surface area contributed by atoms with Gasteiger partial charge in [-0.15, -0.1) is 16.4 Å². The molecule has 0 bridgehead atoms. The van der Waals surface area contributed by atoms with E-state index in [1.54, 1.807) is 11.3 Å². The van der Waals surface area contributed by atoms with Crippen molar-refractivity contribution in [3.8, 4) is 0 Å². The van der Waals surface area contributed by atoms with Crippen LogP contribution in [-0.4, -0.2) is 32.0 Å². The molecule has 23 heavy (non-hydrogen) atoms. The number of nitrogens with one attached hydrogen (secondary N) is 1. The van der Waals surface area contributed by atoms with Crippen molar-refractivity contribution in [3.63, 3.8) is 0 Å².